The molecule has 1 aromatic carbocycles. The van der Waals surface area contributed by atoms with Gasteiger partial charge in [-0.2, -0.15) is 4.89 Å². The van der Waals surface area contributed by atoms with Crippen molar-refractivity contribution in [1.29, 1.82) is 0 Å². The SMILES string of the molecule is COOc1ccc2c(OC(C)C)cc(-c3nc(NC(C)C)sc3C)nc2c1Cl. The molecule has 1 N–H and O–H groups in total. The van der Waals surface area contributed by atoms with Gasteiger partial charge in [-0.15, -0.1) is 11.3 Å². The largest absolute Gasteiger partial charge is 0.490 e. The smallest absolute Gasteiger partial charge is 0.186 e. The highest BCUT2D eigenvalue weighted by molar-refractivity contribution is 7.16. The Kier molecular flexibility index (Phi) is 6.27. The van der Waals surface area contributed by atoms with Gasteiger partial charge in [0.15, 0.2) is 10.9 Å². The van der Waals surface area contributed by atoms with Gasteiger partial charge in [-0.05, 0) is 46.8 Å². The van der Waals surface area contributed by atoms with Crippen LogP contribution >= 0.6 is 22.9 Å². The molecule has 0 spiro atoms. The topological polar surface area (TPSA) is 65.5 Å². The van der Waals surface area contributed by atoms with Crippen LogP contribution in [0, 0.1) is 6.92 Å². The molecule has 0 aliphatic rings. The van der Waals surface area contributed by atoms with E-state index in [2.05, 4.69) is 19.2 Å². The highest BCUT2D eigenvalue weighted by Gasteiger charge is 2.19. The number of ether oxygens (including phenoxy) is 1. The maximum absolute atomic E-state index is 6.55. The zero-order valence-electron chi connectivity index (χ0n) is 16.8. The molecule has 0 saturated carbocycles. The maximum Gasteiger partial charge on any atom is 0.186 e. The van der Waals surface area contributed by atoms with Crippen molar-refractivity contribution in [2.24, 2.45) is 0 Å². The van der Waals surface area contributed by atoms with Crippen LogP contribution in [0.5, 0.6) is 11.5 Å². The number of pyridine rings is 1. The second kappa shape index (κ2) is 8.51. The molecule has 2 heterocycles. The second-order valence-electron chi connectivity index (χ2n) is 6.92. The predicted molar refractivity (Wildman–Crippen MR) is 115 cm³/mol. The first-order valence-corrected chi connectivity index (χ1v) is 10.2. The third-order valence-corrected chi connectivity index (χ3v) is 5.10. The van der Waals surface area contributed by atoms with Crippen LogP contribution in [0.25, 0.3) is 22.3 Å². The van der Waals surface area contributed by atoms with Crippen LogP contribution in [0.15, 0.2) is 18.2 Å². The quantitative estimate of drug-likeness (QED) is 0.380. The van der Waals surface area contributed by atoms with E-state index in [-0.39, 0.29) is 6.10 Å². The lowest BCUT2D eigenvalue weighted by Gasteiger charge is -2.15. The zero-order valence-corrected chi connectivity index (χ0v) is 18.4. The van der Waals surface area contributed by atoms with Crippen molar-refractivity contribution in [3.63, 3.8) is 0 Å². The van der Waals surface area contributed by atoms with E-state index in [4.69, 9.17) is 36.1 Å². The Hall–Kier alpha value is -2.09. The molecule has 0 aliphatic heterocycles. The minimum atomic E-state index is 0.00169. The van der Waals surface area contributed by atoms with Gasteiger partial charge < -0.3 is 14.9 Å². The van der Waals surface area contributed by atoms with Gasteiger partial charge in [0, 0.05) is 22.4 Å². The molecular weight excluding hydrogens is 398 g/mol. The molecule has 0 atom stereocenters. The van der Waals surface area contributed by atoms with Crippen LogP contribution < -0.4 is 14.9 Å². The van der Waals surface area contributed by atoms with Gasteiger partial charge in [0.25, 0.3) is 0 Å². The fourth-order valence-corrected chi connectivity index (χ4v) is 3.99. The molecule has 150 valence electrons. The van der Waals surface area contributed by atoms with Crippen LogP contribution in [0.4, 0.5) is 5.13 Å². The first-order chi connectivity index (χ1) is 13.3. The Balaban J connectivity index is 2.19. The molecular formula is C20H24ClN3O3S. The number of rotatable bonds is 7. The zero-order chi connectivity index (χ0) is 20.4. The third-order valence-electron chi connectivity index (χ3n) is 3.83. The average Bonchev–Trinajstić information content (AvgIpc) is 2.96. The highest BCUT2D eigenvalue weighted by Crippen LogP contribution is 2.40. The van der Waals surface area contributed by atoms with E-state index >= 15 is 0 Å². The molecule has 28 heavy (non-hydrogen) atoms. The number of benzene rings is 1. The number of anilines is 1. The Labute approximate surface area is 173 Å². The Morgan fingerprint density at radius 2 is 1.86 bits per heavy atom. The summed E-state index contributed by atoms with van der Waals surface area (Å²) in [6.45, 7) is 10.1. The lowest BCUT2D eigenvalue weighted by molar-refractivity contribution is -0.177. The summed E-state index contributed by atoms with van der Waals surface area (Å²) in [6.07, 6.45) is 0.00169. The number of hydrogen-bond donors (Lipinski definition) is 1. The normalized spacial score (nSPS) is 11.5. The number of thiazole rings is 1. The fraction of sp³-hybridized carbons (Fsp3) is 0.400. The first-order valence-electron chi connectivity index (χ1n) is 9.05. The standard InChI is InChI=1S/C20H24ClN3O3S/c1-10(2)22-20-24-18(12(5)28-20)14-9-16(26-11(3)4)13-7-8-15(27-25-6)17(21)19(13)23-14/h7-11H,1-6H3,(H,22,24). The van der Waals surface area contributed by atoms with Gasteiger partial charge in [0.2, 0.25) is 0 Å². The molecule has 0 saturated heterocycles. The fourth-order valence-electron chi connectivity index (χ4n) is 2.78. The summed E-state index contributed by atoms with van der Waals surface area (Å²) in [7, 11) is 1.43. The Morgan fingerprint density at radius 3 is 2.50 bits per heavy atom. The molecule has 0 unspecified atom stereocenters. The van der Waals surface area contributed by atoms with Crippen LogP contribution in [0.2, 0.25) is 5.02 Å². The van der Waals surface area contributed by atoms with E-state index < -0.39 is 0 Å². The number of aromatic nitrogens is 2. The first kappa shape index (κ1) is 20.6. The van der Waals surface area contributed by atoms with Crippen LogP contribution in [-0.4, -0.2) is 29.2 Å². The number of hydrogen-bond acceptors (Lipinski definition) is 7. The van der Waals surface area contributed by atoms with E-state index in [1.807, 2.05) is 32.9 Å². The third kappa shape index (κ3) is 4.32. The Morgan fingerprint density at radius 1 is 1.11 bits per heavy atom. The van der Waals surface area contributed by atoms with Gasteiger partial charge in [0.1, 0.15) is 16.5 Å². The lowest BCUT2D eigenvalue weighted by Crippen LogP contribution is -2.09. The van der Waals surface area contributed by atoms with Crippen LogP contribution in [0.1, 0.15) is 32.6 Å². The van der Waals surface area contributed by atoms with Crippen LogP contribution in [0.3, 0.4) is 0 Å². The molecule has 3 aromatic rings. The molecule has 0 fully saturated rings. The van der Waals surface area contributed by atoms with E-state index in [1.165, 1.54) is 7.11 Å². The molecule has 0 bridgehead atoms. The van der Waals surface area contributed by atoms with E-state index in [1.54, 1.807) is 17.4 Å². The molecule has 0 radical (unpaired) electrons. The number of nitrogens with zero attached hydrogens (tertiary/aromatic N) is 2. The van der Waals surface area contributed by atoms with E-state index in [9.17, 15) is 0 Å². The summed E-state index contributed by atoms with van der Waals surface area (Å²) in [5.41, 5.74) is 2.08. The molecule has 0 aliphatic carbocycles. The van der Waals surface area contributed by atoms with Gasteiger partial charge in [-0.25, -0.2) is 9.97 Å². The second-order valence-corrected chi connectivity index (χ2v) is 8.50. The summed E-state index contributed by atoms with van der Waals surface area (Å²) in [5, 5.41) is 5.37. The monoisotopic (exact) mass is 421 g/mol. The van der Waals surface area contributed by atoms with Crippen molar-refractivity contribution >= 4 is 39.0 Å². The molecule has 0 amide bonds. The minimum Gasteiger partial charge on any atom is -0.490 e. The molecule has 3 rings (SSSR count). The average molecular weight is 422 g/mol. The molecule has 6 nitrogen and oxygen atoms in total. The van der Waals surface area contributed by atoms with Crippen molar-refractivity contribution in [2.75, 3.05) is 12.4 Å². The summed E-state index contributed by atoms with van der Waals surface area (Å²) >= 11 is 8.15. The van der Waals surface area contributed by atoms with Gasteiger partial charge >= 0.3 is 0 Å². The van der Waals surface area contributed by atoms with Crippen molar-refractivity contribution in [2.45, 2.75) is 46.8 Å². The minimum absolute atomic E-state index is 0.00169. The molecule has 8 heteroatoms. The van der Waals surface area contributed by atoms with Crippen molar-refractivity contribution in [3.05, 3.63) is 28.1 Å². The van der Waals surface area contributed by atoms with Crippen molar-refractivity contribution < 1.29 is 14.5 Å². The highest BCUT2D eigenvalue weighted by atomic mass is 35.5. The van der Waals surface area contributed by atoms with E-state index in [0.717, 1.165) is 21.1 Å². The molecule has 2 aromatic heterocycles. The number of halogens is 1. The van der Waals surface area contributed by atoms with Crippen molar-refractivity contribution in [3.8, 4) is 22.9 Å². The maximum atomic E-state index is 6.55. The summed E-state index contributed by atoms with van der Waals surface area (Å²) in [6, 6.07) is 5.81. The van der Waals surface area contributed by atoms with Gasteiger partial charge in [-0.1, -0.05) is 11.6 Å². The Bertz CT molecular complexity index is 988. The summed E-state index contributed by atoms with van der Waals surface area (Å²) < 4.78 is 6.04. The lowest BCUT2D eigenvalue weighted by atomic mass is 10.1. The van der Waals surface area contributed by atoms with E-state index in [0.29, 0.717) is 33.8 Å². The van der Waals surface area contributed by atoms with Gasteiger partial charge in [-0.3, -0.25) is 0 Å². The van der Waals surface area contributed by atoms with Crippen molar-refractivity contribution in [1.82, 2.24) is 9.97 Å². The predicted octanol–water partition coefficient (Wildman–Crippen LogP) is 5.87. The number of nitrogens with one attached hydrogen (secondary N) is 1. The summed E-state index contributed by atoms with van der Waals surface area (Å²) in [5.74, 6) is 1.10. The van der Waals surface area contributed by atoms with Crippen LogP contribution in [-0.2, 0) is 4.89 Å². The number of aryl methyl sites for hydroxylation is 1. The van der Waals surface area contributed by atoms with Gasteiger partial charge in [0.05, 0.1) is 24.4 Å². The summed E-state index contributed by atoms with van der Waals surface area (Å²) in [4.78, 5) is 20.5. The number of fused-ring (bicyclic) bond motifs is 1.